The van der Waals surface area contributed by atoms with Crippen LogP contribution in [0.15, 0.2) is 84.9 Å². The van der Waals surface area contributed by atoms with Gasteiger partial charge in [-0.05, 0) is 23.8 Å². The fourth-order valence-electron chi connectivity index (χ4n) is 2.86. The first kappa shape index (κ1) is 19.8. The molecule has 0 aliphatic heterocycles. The lowest BCUT2D eigenvalue weighted by Crippen LogP contribution is -2.31. The van der Waals surface area contributed by atoms with E-state index in [-0.39, 0.29) is 23.9 Å². The molecule has 0 aliphatic carbocycles. The minimum atomic E-state index is -0.553. The standard InChI is InChI=1S/C22H19N3O4/c26-21(23-18-12-7-13-19(14-18)25(28)29)15-20(16-8-3-1-4-9-16)24-22(27)17-10-5-2-6-11-17/h1-14,20H,15H2,(H,23,26)(H,24,27)/t20-/m0/s1. The molecule has 7 heteroatoms. The van der Waals surface area contributed by atoms with Gasteiger partial charge in [0.15, 0.2) is 0 Å². The number of hydrogen-bond acceptors (Lipinski definition) is 4. The highest BCUT2D eigenvalue weighted by Gasteiger charge is 2.19. The summed E-state index contributed by atoms with van der Waals surface area (Å²) in [7, 11) is 0. The van der Waals surface area contributed by atoms with E-state index >= 15 is 0 Å². The third-order valence-electron chi connectivity index (χ3n) is 4.27. The van der Waals surface area contributed by atoms with Gasteiger partial charge in [-0.15, -0.1) is 0 Å². The molecule has 0 fully saturated rings. The molecular weight excluding hydrogens is 370 g/mol. The van der Waals surface area contributed by atoms with E-state index in [4.69, 9.17) is 0 Å². The number of anilines is 1. The molecule has 0 saturated carbocycles. The molecule has 3 aromatic carbocycles. The number of benzene rings is 3. The second-order valence-electron chi connectivity index (χ2n) is 6.36. The van der Waals surface area contributed by atoms with Gasteiger partial charge in [-0.1, -0.05) is 54.6 Å². The van der Waals surface area contributed by atoms with Crippen LogP contribution in [0.5, 0.6) is 0 Å². The smallest absolute Gasteiger partial charge is 0.271 e. The van der Waals surface area contributed by atoms with E-state index in [9.17, 15) is 19.7 Å². The van der Waals surface area contributed by atoms with E-state index in [1.165, 1.54) is 18.2 Å². The van der Waals surface area contributed by atoms with Crippen LogP contribution in [-0.4, -0.2) is 16.7 Å². The van der Waals surface area contributed by atoms with Crippen molar-refractivity contribution in [1.82, 2.24) is 5.32 Å². The summed E-state index contributed by atoms with van der Waals surface area (Å²) in [5, 5.41) is 16.4. The van der Waals surface area contributed by atoms with Crippen LogP contribution in [-0.2, 0) is 4.79 Å². The summed E-state index contributed by atoms with van der Waals surface area (Å²) in [6, 6.07) is 23.1. The second kappa shape index (κ2) is 9.27. The average molecular weight is 389 g/mol. The topological polar surface area (TPSA) is 101 Å². The summed E-state index contributed by atoms with van der Waals surface area (Å²) in [5.74, 6) is -0.657. The molecule has 0 unspecified atom stereocenters. The molecule has 2 amide bonds. The summed E-state index contributed by atoms with van der Waals surface area (Å²) >= 11 is 0. The van der Waals surface area contributed by atoms with Gasteiger partial charge in [0.1, 0.15) is 0 Å². The molecule has 0 aromatic heterocycles. The van der Waals surface area contributed by atoms with Crippen molar-refractivity contribution < 1.29 is 14.5 Å². The Morgan fingerprint density at radius 3 is 2.21 bits per heavy atom. The van der Waals surface area contributed by atoms with Crippen molar-refractivity contribution >= 4 is 23.2 Å². The van der Waals surface area contributed by atoms with Crippen molar-refractivity contribution in [2.24, 2.45) is 0 Å². The lowest BCUT2D eigenvalue weighted by molar-refractivity contribution is -0.384. The minimum Gasteiger partial charge on any atom is -0.345 e. The maximum Gasteiger partial charge on any atom is 0.271 e. The number of nitro groups is 1. The molecule has 0 spiro atoms. The minimum absolute atomic E-state index is 0.0225. The van der Waals surface area contributed by atoms with Gasteiger partial charge >= 0.3 is 0 Å². The molecule has 29 heavy (non-hydrogen) atoms. The molecule has 0 bridgehead atoms. The fraction of sp³-hybridized carbons (Fsp3) is 0.0909. The number of rotatable bonds is 7. The van der Waals surface area contributed by atoms with Crippen LogP contribution >= 0.6 is 0 Å². The van der Waals surface area contributed by atoms with E-state index in [1.807, 2.05) is 36.4 Å². The van der Waals surface area contributed by atoms with E-state index < -0.39 is 11.0 Å². The molecule has 0 aliphatic rings. The van der Waals surface area contributed by atoms with Crippen LogP contribution < -0.4 is 10.6 Å². The zero-order valence-electron chi connectivity index (χ0n) is 15.4. The van der Waals surface area contributed by atoms with Gasteiger partial charge in [0, 0.05) is 23.4 Å². The Balaban J connectivity index is 1.74. The quantitative estimate of drug-likeness (QED) is 0.469. The van der Waals surface area contributed by atoms with Gasteiger partial charge in [0.05, 0.1) is 17.4 Å². The van der Waals surface area contributed by atoms with Gasteiger partial charge in [0.2, 0.25) is 5.91 Å². The van der Waals surface area contributed by atoms with Crippen LogP contribution in [0.1, 0.15) is 28.4 Å². The average Bonchev–Trinajstić information content (AvgIpc) is 2.74. The van der Waals surface area contributed by atoms with Crippen LogP contribution in [0, 0.1) is 10.1 Å². The van der Waals surface area contributed by atoms with E-state index in [1.54, 1.807) is 30.3 Å². The van der Waals surface area contributed by atoms with Crippen molar-refractivity contribution in [2.45, 2.75) is 12.5 Å². The number of nitro benzene ring substituents is 1. The van der Waals surface area contributed by atoms with Gasteiger partial charge in [-0.3, -0.25) is 19.7 Å². The molecule has 2 N–H and O–H groups in total. The predicted octanol–water partition coefficient (Wildman–Crippen LogP) is 4.09. The number of hydrogen-bond donors (Lipinski definition) is 2. The summed E-state index contributed by atoms with van der Waals surface area (Å²) in [4.78, 5) is 35.5. The zero-order valence-corrected chi connectivity index (χ0v) is 15.4. The highest BCUT2D eigenvalue weighted by molar-refractivity contribution is 5.96. The number of amides is 2. The second-order valence-corrected chi connectivity index (χ2v) is 6.36. The SMILES string of the molecule is O=C(C[C@H](NC(=O)c1ccccc1)c1ccccc1)Nc1cccc([N+](=O)[O-])c1. The van der Waals surface area contributed by atoms with Crippen molar-refractivity contribution in [1.29, 1.82) is 0 Å². The lowest BCUT2D eigenvalue weighted by Gasteiger charge is -2.19. The predicted molar refractivity (Wildman–Crippen MR) is 109 cm³/mol. The van der Waals surface area contributed by atoms with Crippen molar-refractivity contribution in [3.8, 4) is 0 Å². The summed E-state index contributed by atoms with van der Waals surface area (Å²) in [5.41, 5.74) is 1.49. The van der Waals surface area contributed by atoms with Crippen LogP contribution in [0.2, 0.25) is 0 Å². The third kappa shape index (κ3) is 5.49. The molecule has 3 aromatic rings. The molecule has 0 radical (unpaired) electrons. The molecule has 0 saturated heterocycles. The Labute approximate surface area is 167 Å². The maximum atomic E-state index is 12.6. The summed E-state index contributed by atoms with van der Waals surface area (Å²) in [6.07, 6.45) is -0.0225. The van der Waals surface area contributed by atoms with Crippen LogP contribution in [0.4, 0.5) is 11.4 Å². The first-order chi connectivity index (χ1) is 14.0. The summed E-state index contributed by atoms with van der Waals surface area (Å²) < 4.78 is 0. The first-order valence-electron chi connectivity index (χ1n) is 8.98. The number of nitrogens with one attached hydrogen (secondary N) is 2. The third-order valence-corrected chi connectivity index (χ3v) is 4.27. The van der Waals surface area contributed by atoms with E-state index in [2.05, 4.69) is 10.6 Å². The maximum absolute atomic E-state index is 12.6. The monoisotopic (exact) mass is 389 g/mol. The van der Waals surface area contributed by atoms with Gasteiger partial charge in [-0.2, -0.15) is 0 Å². The number of carbonyl (C=O) groups excluding carboxylic acids is 2. The highest BCUT2D eigenvalue weighted by atomic mass is 16.6. The van der Waals surface area contributed by atoms with Gasteiger partial charge in [0.25, 0.3) is 11.6 Å². The summed E-state index contributed by atoms with van der Waals surface area (Å²) in [6.45, 7) is 0. The van der Waals surface area contributed by atoms with Gasteiger partial charge in [-0.25, -0.2) is 0 Å². The fourth-order valence-corrected chi connectivity index (χ4v) is 2.86. The van der Waals surface area contributed by atoms with Crippen molar-refractivity contribution in [3.63, 3.8) is 0 Å². The Morgan fingerprint density at radius 2 is 1.55 bits per heavy atom. The molecule has 1 atom stereocenters. The normalized spacial score (nSPS) is 11.3. The van der Waals surface area contributed by atoms with Crippen molar-refractivity contribution in [3.05, 3.63) is 106 Å². The zero-order chi connectivity index (χ0) is 20.6. The molecule has 7 nitrogen and oxygen atoms in total. The number of carbonyl (C=O) groups is 2. The van der Waals surface area contributed by atoms with E-state index in [0.29, 0.717) is 11.3 Å². The Morgan fingerprint density at radius 1 is 0.897 bits per heavy atom. The molecule has 3 rings (SSSR count). The Kier molecular flexibility index (Phi) is 6.32. The first-order valence-corrected chi connectivity index (χ1v) is 8.98. The number of nitrogens with zero attached hydrogens (tertiary/aromatic N) is 1. The number of non-ortho nitro benzene ring substituents is 1. The Bertz CT molecular complexity index is 1010. The molecule has 0 heterocycles. The largest absolute Gasteiger partial charge is 0.345 e. The van der Waals surface area contributed by atoms with Gasteiger partial charge < -0.3 is 10.6 Å². The molecular formula is C22H19N3O4. The Hall–Kier alpha value is -4.00. The lowest BCUT2D eigenvalue weighted by atomic mass is 10.0. The van der Waals surface area contributed by atoms with Crippen LogP contribution in [0.3, 0.4) is 0 Å². The molecule has 146 valence electrons. The van der Waals surface area contributed by atoms with E-state index in [0.717, 1.165) is 5.56 Å². The van der Waals surface area contributed by atoms with Crippen molar-refractivity contribution in [2.75, 3.05) is 5.32 Å². The highest BCUT2D eigenvalue weighted by Crippen LogP contribution is 2.21. The van der Waals surface area contributed by atoms with Crippen LogP contribution in [0.25, 0.3) is 0 Å².